The van der Waals surface area contributed by atoms with E-state index in [-0.39, 0.29) is 12.5 Å². The molecule has 0 saturated carbocycles. The summed E-state index contributed by atoms with van der Waals surface area (Å²) in [5.74, 6) is 1.30. The van der Waals surface area contributed by atoms with Crippen molar-refractivity contribution in [3.8, 4) is 11.5 Å². The lowest BCUT2D eigenvalue weighted by Gasteiger charge is -2.10. The predicted molar refractivity (Wildman–Crippen MR) is 103 cm³/mol. The van der Waals surface area contributed by atoms with Crippen molar-refractivity contribution >= 4 is 21.8 Å². The molecule has 2 aromatic rings. The van der Waals surface area contributed by atoms with E-state index in [4.69, 9.17) is 9.47 Å². The number of rotatable bonds is 9. The van der Waals surface area contributed by atoms with Gasteiger partial charge in [0.05, 0.1) is 11.0 Å². The fourth-order valence-corrected chi connectivity index (χ4v) is 2.80. The average Bonchev–Trinajstić information content (AvgIpc) is 2.64. The Morgan fingerprint density at radius 2 is 1.68 bits per heavy atom. The minimum Gasteiger partial charge on any atom is -0.492 e. The Morgan fingerprint density at radius 1 is 1.00 bits per heavy atom. The van der Waals surface area contributed by atoms with Gasteiger partial charge in [0.15, 0.2) is 6.61 Å². The zero-order valence-electron chi connectivity index (χ0n) is 14.7. The first-order chi connectivity index (χ1) is 12.1. The van der Waals surface area contributed by atoms with E-state index in [1.165, 1.54) is 11.1 Å². The van der Waals surface area contributed by atoms with Gasteiger partial charge in [-0.15, -0.1) is 0 Å². The van der Waals surface area contributed by atoms with Crippen molar-refractivity contribution < 1.29 is 14.3 Å². The molecule has 134 valence electrons. The smallest absolute Gasteiger partial charge is 0.258 e. The second-order valence-corrected chi connectivity index (χ2v) is 6.46. The van der Waals surface area contributed by atoms with Crippen LogP contribution in [0.15, 0.2) is 46.9 Å². The number of aryl methyl sites for hydroxylation is 2. The topological polar surface area (TPSA) is 47.6 Å². The number of benzene rings is 2. The summed E-state index contributed by atoms with van der Waals surface area (Å²) in [6.07, 6.45) is 1.97. The van der Waals surface area contributed by atoms with E-state index in [9.17, 15) is 4.79 Å². The number of halogens is 1. The van der Waals surface area contributed by atoms with E-state index in [2.05, 4.69) is 35.1 Å². The van der Waals surface area contributed by atoms with Gasteiger partial charge >= 0.3 is 0 Å². The summed E-state index contributed by atoms with van der Waals surface area (Å²) in [5, 5.41) is 2.78. The molecule has 0 aliphatic carbocycles. The Hall–Kier alpha value is -2.01. The molecule has 2 aromatic carbocycles. The number of hydrogen-bond donors (Lipinski definition) is 1. The minimum absolute atomic E-state index is 0.0186. The van der Waals surface area contributed by atoms with Crippen LogP contribution in [0.1, 0.15) is 25.0 Å². The first-order valence-corrected chi connectivity index (χ1v) is 9.31. The lowest BCUT2D eigenvalue weighted by molar-refractivity contribution is -0.123. The zero-order valence-corrected chi connectivity index (χ0v) is 16.3. The molecular formula is C20H24BrNO3. The van der Waals surface area contributed by atoms with E-state index < -0.39 is 0 Å². The maximum atomic E-state index is 11.8. The third kappa shape index (κ3) is 6.42. The average molecular weight is 406 g/mol. The molecule has 5 heteroatoms. The standard InChI is InChI=1S/C20H24BrNO3/c1-3-15-5-8-17(9-6-15)24-12-11-22-20(23)14-25-19-10-7-16(4-2)13-18(19)21/h5-10,13H,3-4,11-12,14H2,1-2H3,(H,22,23). The van der Waals surface area contributed by atoms with Crippen LogP contribution in [0.25, 0.3) is 0 Å². The summed E-state index contributed by atoms with van der Waals surface area (Å²) in [4.78, 5) is 11.8. The highest BCUT2D eigenvalue weighted by Gasteiger charge is 2.06. The van der Waals surface area contributed by atoms with Crippen LogP contribution in [0.4, 0.5) is 0 Å². The number of amides is 1. The summed E-state index contributed by atoms with van der Waals surface area (Å²) < 4.78 is 12.0. The van der Waals surface area contributed by atoms with Gasteiger partial charge in [-0.3, -0.25) is 4.79 Å². The Labute approximate surface area is 157 Å². The Balaban J connectivity index is 1.66. The van der Waals surface area contributed by atoms with Crippen molar-refractivity contribution in [3.63, 3.8) is 0 Å². The molecule has 4 nitrogen and oxygen atoms in total. The van der Waals surface area contributed by atoms with E-state index >= 15 is 0 Å². The Bertz CT molecular complexity index is 686. The van der Waals surface area contributed by atoms with Crippen molar-refractivity contribution in [2.24, 2.45) is 0 Å². The van der Waals surface area contributed by atoms with Crippen molar-refractivity contribution in [3.05, 3.63) is 58.1 Å². The second kappa shape index (κ2) is 10.1. The second-order valence-electron chi connectivity index (χ2n) is 5.60. The minimum atomic E-state index is -0.170. The van der Waals surface area contributed by atoms with E-state index in [0.717, 1.165) is 23.1 Å². The highest BCUT2D eigenvalue weighted by molar-refractivity contribution is 9.10. The highest BCUT2D eigenvalue weighted by atomic mass is 79.9. The van der Waals surface area contributed by atoms with Crippen LogP contribution in [0.2, 0.25) is 0 Å². The van der Waals surface area contributed by atoms with Gasteiger partial charge in [0.2, 0.25) is 0 Å². The summed E-state index contributed by atoms with van der Waals surface area (Å²) in [5.41, 5.74) is 2.49. The lowest BCUT2D eigenvalue weighted by Crippen LogP contribution is -2.32. The highest BCUT2D eigenvalue weighted by Crippen LogP contribution is 2.26. The molecule has 0 radical (unpaired) electrons. The SMILES string of the molecule is CCc1ccc(OCCNC(=O)COc2ccc(CC)cc2Br)cc1. The maximum Gasteiger partial charge on any atom is 0.258 e. The molecule has 25 heavy (non-hydrogen) atoms. The molecule has 0 aromatic heterocycles. The van der Waals surface area contributed by atoms with Crippen LogP contribution in [0, 0.1) is 0 Å². The van der Waals surface area contributed by atoms with Gasteiger partial charge in [-0.1, -0.05) is 32.0 Å². The van der Waals surface area contributed by atoms with Crippen LogP contribution >= 0.6 is 15.9 Å². The van der Waals surface area contributed by atoms with Gasteiger partial charge in [0.25, 0.3) is 5.91 Å². The number of nitrogens with one attached hydrogen (secondary N) is 1. The van der Waals surface area contributed by atoms with Crippen LogP contribution in [0.5, 0.6) is 11.5 Å². The van der Waals surface area contributed by atoms with Crippen LogP contribution in [-0.2, 0) is 17.6 Å². The molecule has 0 saturated heterocycles. The van der Waals surface area contributed by atoms with Gasteiger partial charge in [0, 0.05) is 0 Å². The monoisotopic (exact) mass is 405 g/mol. The van der Waals surface area contributed by atoms with Crippen LogP contribution in [0.3, 0.4) is 0 Å². The van der Waals surface area contributed by atoms with E-state index in [0.29, 0.717) is 18.9 Å². The molecule has 0 spiro atoms. The summed E-state index contributed by atoms with van der Waals surface area (Å²) in [6.45, 7) is 5.05. The summed E-state index contributed by atoms with van der Waals surface area (Å²) in [7, 11) is 0. The molecular weight excluding hydrogens is 382 g/mol. The summed E-state index contributed by atoms with van der Waals surface area (Å²) in [6, 6.07) is 13.9. The molecule has 1 N–H and O–H groups in total. The van der Waals surface area contributed by atoms with Crippen molar-refractivity contribution in [2.75, 3.05) is 19.8 Å². The van der Waals surface area contributed by atoms with Gasteiger partial charge < -0.3 is 14.8 Å². The first kappa shape index (κ1) is 19.3. The Kier molecular flexibility index (Phi) is 7.79. The predicted octanol–water partition coefficient (Wildman–Crippen LogP) is 4.15. The van der Waals surface area contributed by atoms with Crippen LogP contribution < -0.4 is 14.8 Å². The number of carbonyl (C=O) groups excluding carboxylic acids is 1. The van der Waals surface area contributed by atoms with Gasteiger partial charge in [-0.25, -0.2) is 0 Å². The van der Waals surface area contributed by atoms with Gasteiger partial charge in [-0.05, 0) is 64.2 Å². The number of hydrogen-bond acceptors (Lipinski definition) is 3. The third-order valence-electron chi connectivity index (χ3n) is 3.79. The normalized spacial score (nSPS) is 10.4. The fraction of sp³-hybridized carbons (Fsp3) is 0.350. The largest absolute Gasteiger partial charge is 0.492 e. The zero-order chi connectivity index (χ0) is 18.1. The van der Waals surface area contributed by atoms with Crippen molar-refractivity contribution in [1.29, 1.82) is 0 Å². The quantitative estimate of drug-likeness (QED) is 0.637. The molecule has 0 bridgehead atoms. The van der Waals surface area contributed by atoms with E-state index in [1.807, 2.05) is 42.5 Å². The molecule has 0 heterocycles. The van der Waals surface area contributed by atoms with Gasteiger partial charge in [0.1, 0.15) is 18.1 Å². The lowest BCUT2D eigenvalue weighted by atomic mass is 10.2. The molecule has 0 atom stereocenters. The van der Waals surface area contributed by atoms with E-state index in [1.54, 1.807) is 0 Å². The Morgan fingerprint density at radius 3 is 2.32 bits per heavy atom. The van der Waals surface area contributed by atoms with Crippen molar-refractivity contribution in [2.45, 2.75) is 26.7 Å². The van der Waals surface area contributed by atoms with Crippen molar-refractivity contribution in [1.82, 2.24) is 5.32 Å². The van der Waals surface area contributed by atoms with Gasteiger partial charge in [-0.2, -0.15) is 0 Å². The molecule has 0 aliphatic rings. The fourth-order valence-electron chi connectivity index (χ4n) is 2.26. The molecule has 0 unspecified atom stereocenters. The number of ether oxygens (including phenoxy) is 2. The molecule has 0 aliphatic heterocycles. The maximum absolute atomic E-state index is 11.8. The molecule has 1 amide bonds. The van der Waals surface area contributed by atoms with Crippen LogP contribution in [-0.4, -0.2) is 25.7 Å². The summed E-state index contributed by atoms with van der Waals surface area (Å²) >= 11 is 3.46. The third-order valence-corrected chi connectivity index (χ3v) is 4.41. The first-order valence-electron chi connectivity index (χ1n) is 8.52. The number of carbonyl (C=O) groups is 1. The molecule has 0 fully saturated rings. The molecule has 2 rings (SSSR count).